The van der Waals surface area contributed by atoms with Crippen LogP contribution in [0.2, 0.25) is 0 Å². The molecule has 4 rings (SSSR count). The van der Waals surface area contributed by atoms with Crippen LogP contribution in [0.1, 0.15) is 38.8 Å². The monoisotopic (exact) mass is 458 g/mol. The van der Waals surface area contributed by atoms with Gasteiger partial charge >= 0.3 is 5.97 Å². The summed E-state index contributed by atoms with van der Waals surface area (Å²) in [6, 6.07) is 21.3. The van der Waals surface area contributed by atoms with Gasteiger partial charge in [-0.25, -0.2) is 4.79 Å². The molecule has 7 nitrogen and oxygen atoms in total. The van der Waals surface area contributed by atoms with Crippen LogP contribution in [-0.2, 0) is 22.5 Å². The molecule has 2 amide bonds. The van der Waals surface area contributed by atoms with E-state index in [0.717, 1.165) is 16.9 Å². The van der Waals surface area contributed by atoms with Gasteiger partial charge in [0.15, 0.2) is 0 Å². The number of carbonyl (C=O) groups is 3. The van der Waals surface area contributed by atoms with E-state index in [0.29, 0.717) is 29.8 Å². The third-order valence-corrected chi connectivity index (χ3v) is 6.11. The molecule has 7 heteroatoms. The largest absolute Gasteiger partial charge is 0.497 e. The summed E-state index contributed by atoms with van der Waals surface area (Å²) in [5.41, 5.74) is 1.77. The molecule has 0 saturated carbocycles. The number of ether oxygens (including phenoxy) is 2. The van der Waals surface area contributed by atoms with Gasteiger partial charge in [0.2, 0.25) is 5.91 Å². The van der Waals surface area contributed by atoms with Crippen molar-refractivity contribution in [1.29, 1.82) is 0 Å². The van der Waals surface area contributed by atoms with E-state index in [-0.39, 0.29) is 11.8 Å². The minimum Gasteiger partial charge on any atom is -0.497 e. The molecule has 34 heavy (non-hydrogen) atoms. The summed E-state index contributed by atoms with van der Waals surface area (Å²) in [7, 11) is 2.90. The number of esters is 1. The van der Waals surface area contributed by atoms with Crippen LogP contribution in [-0.4, -0.2) is 37.5 Å². The van der Waals surface area contributed by atoms with E-state index >= 15 is 0 Å². The molecule has 0 fully saturated rings. The van der Waals surface area contributed by atoms with E-state index in [1.807, 2.05) is 36.4 Å². The molecule has 3 aromatic carbocycles. The van der Waals surface area contributed by atoms with Gasteiger partial charge in [-0.1, -0.05) is 36.4 Å². The van der Waals surface area contributed by atoms with Crippen molar-refractivity contribution in [3.63, 3.8) is 0 Å². The summed E-state index contributed by atoms with van der Waals surface area (Å²) in [4.78, 5) is 40.8. The number of fused-ring (bicyclic) bond motifs is 1. The van der Waals surface area contributed by atoms with Gasteiger partial charge < -0.3 is 14.8 Å². The number of hydrogen-bond acceptors (Lipinski definition) is 5. The SMILES string of the molecule is COC(=O)c1cccc(N2C(=O)c3ccccc3C[C@@]2(C)C(=O)NCc2ccc(OC)cc2)c1. The fourth-order valence-electron chi connectivity index (χ4n) is 4.27. The van der Waals surface area contributed by atoms with Crippen LogP contribution in [0.25, 0.3) is 0 Å². The lowest BCUT2D eigenvalue weighted by Crippen LogP contribution is -2.63. The smallest absolute Gasteiger partial charge is 0.337 e. The number of methoxy groups -OCH3 is 2. The van der Waals surface area contributed by atoms with Crippen LogP contribution in [0.3, 0.4) is 0 Å². The maximum Gasteiger partial charge on any atom is 0.337 e. The van der Waals surface area contributed by atoms with Crippen LogP contribution >= 0.6 is 0 Å². The fraction of sp³-hybridized carbons (Fsp3) is 0.222. The molecule has 1 atom stereocenters. The molecule has 1 aliphatic rings. The van der Waals surface area contributed by atoms with E-state index in [4.69, 9.17) is 9.47 Å². The zero-order valence-corrected chi connectivity index (χ0v) is 19.3. The van der Waals surface area contributed by atoms with Crippen molar-refractivity contribution in [2.24, 2.45) is 0 Å². The van der Waals surface area contributed by atoms with Crippen molar-refractivity contribution in [3.05, 3.63) is 95.1 Å². The van der Waals surface area contributed by atoms with Gasteiger partial charge in [-0.3, -0.25) is 14.5 Å². The maximum atomic E-state index is 13.6. The highest BCUT2D eigenvalue weighted by molar-refractivity contribution is 6.14. The van der Waals surface area contributed by atoms with Gasteiger partial charge in [-0.2, -0.15) is 0 Å². The van der Waals surface area contributed by atoms with E-state index < -0.39 is 11.5 Å². The Kier molecular flexibility index (Phi) is 6.36. The third-order valence-electron chi connectivity index (χ3n) is 6.11. The second-order valence-electron chi connectivity index (χ2n) is 8.32. The first-order chi connectivity index (χ1) is 16.4. The standard InChI is InChI=1S/C27H26N2O5/c1-27(26(32)28-17-18-11-13-22(33-2)14-12-18)16-20-7-4-5-10-23(20)24(30)29(27)21-9-6-8-19(15-21)25(31)34-3/h4-15H,16-17H2,1-3H3,(H,28,32)/t27-/m0/s1. The van der Waals surface area contributed by atoms with Gasteiger partial charge in [-0.05, 0) is 54.4 Å². The molecule has 0 aliphatic carbocycles. The van der Waals surface area contributed by atoms with E-state index in [1.165, 1.54) is 12.0 Å². The highest BCUT2D eigenvalue weighted by Crippen LogP contribution is 2.36. The molecule has 0 bridgehead atoms. The lowest BCUT2D eigenvalue weighted by atomic mass is 9.82. The van der Waals surface area contributed by atoms with Crippen LogP contribution in [0.15, 0.2) is 72.8 Å². The molecule has 1 heterocycles. The molecule has 0 radical (unpaired) electrons. The zero-order valence-electron chi connectivity index (χ0n) is 19.3. The zero-order chi connectivity index (χ0) is 24.3. The maximum absolute atomic E-state index is 13.6. The number of rotatable bonds is 6. The highest BCUT2D eigenvalue weighted by atomic mass is 16.5. The number of nitrogens with zero attached hydrogens (tertiary/aromatic N) is 1. The van der Waals surface area contributed by atoms with Crippen LogP contribution in [0.5, 0.6) is 5.75 Å². The first-order valence-corrected chi connectivity index (χ1v) is 10.9. The Morgan fingerprint density at radius 3 is 2.44 bits per heavy atom. The van der Waals surface area contributed by atoms with Crippen molar-refractivity contribution in [3.8, 4) is 5.75 Å². The fourth-order valence-corrected chi connectivity index (χ4v) is 4.27. The summed E-state index contributed by atoms with van der Waals surface area (Å²) < 4.78 is 10.0. The van der Waals surface area contributed by atoms with Crippen molar-refractivity contribution in [2.45, 2.75) is 25.4 Å². The summed E-state index contributed by atoms with van der Waals surface area (Å²) in [6.45, 7) is 2.04. The molecule has 0 aromatic heterocycles. The Bertz CT molecular complexity index is 1240. The summed E-state index contributed by atoms with van der Waals surface area (Å²) in [5.74, 6) is -0.383. The first-order valence-electron chi connectivity index (χ1n) is 10.9. The topological polar surface area (TPSA) is 84.9 Å². The lowest BCUT2D eigenvalue weighted by molar-refractivity contribution is -0.126. The number of nitrogens with one attached hydrogen (secondary N) is 1. The summed E-state index contributed by atoms with van der Waals surface area (Å²) >= 11 is 0. The molecule has 174 valence electrons. The van der Waals surface area contributed by atoms with Crippen molar-refractivity contribution in [1.82, 2.24) is 5.32 Å². The molecule has 1 aliphatic heterocycles. The predicted octanol–water partition coefficient (Wildman–Crippen LogP) is 3.76. The van der Waals surface area contributed by atoms with Crippen molar-refractivity contribution < 1.29 is 23.9 Å². The highest BCUT2D eigenvalue weighted by Gasteiger charge is 2.47. The van der Waals surface area contributed by atoms with E-state index in [1.54, 1.807) is 50.4 Å². The molecular formula is C27H26N2O5. The van der Waals surface area contributed by atoms with E-state index in [9.17, 15) is 14.4 Å². The first kappa shape index (κ1) is 23.0. The second kappa shape index (κ2) is 9.39. The normalized spacial score (nSPS) is 17.0. The quantitative estimate of drug-likeness (QED) is 0.569. The van der Waals surface area contributed by atoms with Crippen LogP contribution in [0, 0.1) is 0 Å². The average Bonchev–Trinajstić information content (AvgIpc) is 2.87. The van der Waals surface area contributed by atoms with Gasteiger partial charge in [0.25, 0.3) is 5.91 Å². The third kappa shape index (κ3) is 4.24. The Labute approximate surface area is 198 Å². The Hall–Kier alpha value is -4.13. The molecule has 0 saturated heterocycles. The minimum absolute atomic E-state index is 0.296. The Balaban J connectivity index is 1.70. The van der Waals surface area contributed by atoms with Gasteiger partial charge in [0, 0.05) is 24.2 Å². The van der Waals surface area contributed by atoms with Gasteiger partial charge in [0.05, 0.1) is 19.8 Å². The van der Waals surface area contributed by atoms with Crippen molar-refractivity contribution >= 4 is 23.5 Å². The number of hydrogen-bond donors (Lipinski definition) is 1. The van der Waals surface area contributed by atoms with Crippen molar-refractivity contribution in [2.75, 3.05) is 19.1 Å². The number of anilines is 1. The minimum atomic E-state index is -1.22. The number of amides is 2. The lowest BCUT2D eigenvalue weighted by Gasteiger charge is -2.44. The number of benzene rings is 3. The predicted molar refractivity (Wildman–Crippen MR) is 128 cm³/mol. The Morgan fingerprint density at radius 2 is 1.74 bits per heavy atom. The molecular weight excluding hydrogens is 432 g/mol. The second-order valence-corrected chi connectivity index (χ2v) is 8.32. The van der Waals surface area contributed by atoms with Crippen LogP contribution < -0.4 is 15.0 Å². The average molecular weight is 459 g/mol. The Morgan fingerprint density at radius 1 is 1.00 bits per heavy atom. The summed E-state index contributed by atoms with van der Waals surface area (Å²) in [5, 5.41) is 2.98. The molecule has 0 unspecified atom stereocenters. The van der Waals surface area contributed by atoms with E-state index in [2.05, 4.69) is 5.32 Å². The molecule has 0 spiro atoms. The molecule has 1 N–H and O–H groups in total. The number of carbonyl (C=O) groups excluding carboxylic acids is 3. The van der Waals surface area contributed by atoms with Gasteiger partial charge in [-0.15, -0.1) is 0 Å². The van der Waals surface area contributed by atoms with Crippen LogP contribution in [0.4, 0.5) is 5.69 Å². The molecule has 3 aromatic rings. The summed E-state index contributed by atoms with van der Waals surface area (Å²) in [6.07, 6.45) is 0.325. The van der Waals surface area contributed by atoms with Gasteiger partial charge in [0.1, 0.15) is 11.3 Å².